The molecule has 1 rings (SSSR count). The molecule has 0 aliphatic rings. The second-order valence-electron chi connectivity index (χ2n) is 7.94. The van der Waals surface area contributed by atoms with Gasteiger partial charge in [0.05, 0.1) is 13.2 Å². The summed E-state index contributed by atoms with van der Waals surface area (Å²) in [5.41, 5.74) is 0.489. The van der Waals surface area contributed by atoms with E-state index in [4.69, 9.17) is 14.9 Å². The maximum absolute atomic E-state index is 12.0. The maximum atomic E-state index is 12.0. The van der Waals surface area contributed by atoms with E-state index in [1.807, 2.05) is 11.4 Å². The Hall–Kier alpha value is -2.28. The highest BCUT2D eigenvalue weighted by molar-refractivity contribution is 5.96. The van der Waals surface area contributed by atoms with Gasteiger partial charge in [-0.05, 0) is 18.6 Å². The molecule has 1 aromatic carbocycles. The molecule has 0 radical (unpaired) electrons. The van der Waals surface area contributed by atoms with E-state index in [0.717, 1.165) is 12.8 Å². The Labute approximate surface area is 186 Å². The van der Waals surface area contributed by atoms with Crippen LogP contribution in [0.5, 0.6) is 5.75 Å². The van der Waals surface area contributed by atoms with Crippen molar-refractivity contribution in [3.8, 4) is 5.75 Å². The molecule has 0 aliphatic carbocycles. The number of benzene rings is 1. The van der Waals surface area contributed by atoms with Crippen LogP contribution >= 0.6 is 0 Å². The Morgan fingerprint density at radius 2 is 1.52 bits per heavy atom. The van der Waals surface area contributed by atoms with Gasteiger partial charge in [0.2, 0.25) is 5.91 Å². The zero-order chi connectivity index (χ0) is 22.7. The smallest absolute Gasteiger partial charge is 0.405 e. The van der Waals surface area contributed by atoms with Crippen LogP contribution in [0.4, 0.5) is 10.5 Å². The van der Waals surface area contributed by atoms with Crippen LogP contribution in [0.2, 0.25) is 0 Å². The standard InChI is InChI=1S/C24H40N2O5/c1-2-3-4-5-6-7-8-9-10-11-12-13-17-31-21-16-14-15-20(18-21)25-23(28)22(19-27)26-24(29)30/h14-16,18,22,26-27H,2-13,17,19H2,1H3,(H,25,28)(H,29,30). The molecular formula is C24H40N2O5. The molecule has 7 nitrogen and oxygen atoms in total. The van der Waals surface area contributed by atoms with Gasteiger partial charge in [0, 0.05) is 11.8 Å². The van der Waals surface area contributed by atoms with Crippen molar-refractivity contribution in [2.45, 2.75) is 90.0 Å². The van der Waals surface area contributed by atoms with E-state index in [1.165, 1.54) is 64.2 Å². The molecule has 4 N–H and O–H groups in total. The average molecular weight is 437 g/mol. The first kappa shape index (κ1) is 26.8. The highest BCUT2D eigenvalue weighted by atomic mass is 16.5. The molecule has 31 heavy (non-hydrogen) atoms. The van der Waals surface area contributed by atoms with Gasteiger partial charge in [-0.15, -0.1) is 0 Å². The van der Waals surface area contributed by atoms with Crippen LogP contribution in [0, 0.1) is 0 Å². The number of carboxylic acid groups (broad SMARTS) is 1. The van der Waals surface area contributed by atoms with Crippen molar-refractivity contribution >= 4 is 17.7 Å². The van der Waals surface area contributed by atoms with E-state index in [9.17, 15) is 9.59 Å². The highest BCUT2D eigenvalue weighted by Crippen LogP contribution is 2.18. The van der Waals surface area contributed by atoms with Crippen LogP contribution in [0.15, 0.2) is 24.3 Å². The summed E-state index contributed by atoms with van der Waals surface area (Å²) >= 11 is 0. The molecule has 0 spiro atoms. The summed E-state index contributed by atoms with van der Waals surface area (Å²) in [6.45, 7) is 2.25. The van der Waals surface area contributed by atoms with E-state index in [1.54, 1.807) is 18.2 Å². The monoisotopic (exact) mass is 436 g/mol. The number of hydrogen-bond acceptors (Lipinski definition) is 4. The van der Waals surface area contributed by atoms with Gasteiger partial charge in [-0.1, -0.05) is 83.6 Å². The van der Waals surface area contributed by atoms with Crippen LogP contribution in [-0.2, 0) is 4.79 Å². The van der Waals surface area contributed by atoms with Crippen molar-refractivity contribution in [2.75, 3.05) is 18.5 Å². The van der Waals surface area contributed by atoms with E-state index >= 15 is 0 Å². The fourth-order valence-corrected chi connectivity index (χ4v) is 3.37. The minimum atomic E-state index is -1.37. The first-order valence-electron chi connectivity index (χ1n) is 11.7. The number of amides is 2. The Balaban J connectivity index is 2.14. The lowest BCUT2D eigenvalue weighted by Gasteiger charge is -2.14. The summed E-state index contributed by atoms with van der Waals surface area (Å²) < 4.78 is 5.76. The number of unbranched alkanes of at least 4 members (excludes halogenated alkanes) is 11. The van der Waals surface area contributed by atoms with Crippen molar-refractivity contribution in [2.24, 2.45) is 0 Å². The van der Waals surface area contributed by atoms with Crippen LogP contribution in [0.1, 0.15) is 84.0 Å². The normalized spacial score (nSPS) is 11.7. The third-order valence-corrected chi connectivity index (χ3v) is 5.16. The number of aliphatic hydroxyl groups excluding tert-OH is 1. The minimum absolute atomic E-state index is 0.489. The second kappa shape index (κ2) is 17.4. The van der Waals surface area contributed by atoms with Crippen LogP contribution in [-0.4, -0.2) is 41.5 Å². The van der Waals surface area contributed by atoms with Crippen LogP contribution in [0.25, 0.3) is 0 Å². The Morgan fingerprint density at radius 1 is 0.935 bits per heavy atom. The first-order valence-corrected chi connectivity index (χ1v) is 11.7. The molecule has 0 fully saturated rings. The van der Waals surface area contributed by atoms with Gasteiger partial charge in [-0.25, -0.2) is 4.79 Å². The number of carbonyl (C=O) groups excluding carboxylic acids is 1. The number of carbonyl (C=O) groups is 2. The summed E-state index contributed by atoms with van der Waals surface area (Å²) in [5, 5.41) is 22.4. The number of aliphatic hydroxyl groups is 1. The molecule has 0 heterocycles. The summed E-state index contributed by atoms with van der Waals surface area (Å²) in [6.07, 6.45) is 14.1. The highest BCUT2D eigenvalue weighted by Gasteiger charge is 2.19. The topological polar surface area (TPSA) is 108 Å². The lowest BCUT2D eigenvalue weighted by atomic mass is 10.1. The first-order chi connectivity index (χ1) is 15.1. The van der Waals surface area contributed by atoms with Crippen molar-refractivity contribution in [1.82, 2.24) is 5.32 Å². The fraction of sp³-hybridized carbons (Fsp3) is 0.667. The predicted molar refractivity (Wildman–Crippen MR) is 124 cm³/mol. The quantitative estimate of drug-likeness (QED) is 0.233. The molecular weight excluding hydrogens is 396 g/mol. The molecule has 7 heteroatoms. The number of ether oxygens (including phenoxy) is 1. The van der Waals surface area contributed by atoms with Gasteiger partial charge >= 0.3 is 6.09 Å². The van der Waals surface area contributed by atoms with Gasteiger partial charge in [0.1, 0.15) is 11.8 Å². The Bertz CT molecular complexity index is 624. The number of rotatable bonds is 18. The van der Waals surface area contributed by atoms with Crippen molar-refractivity contribution in [3.63, 3.8) is 0 Å². The molecule has 0 aliphatic heterocycles. The number of anilines is 1. The van der Waals surface area contributed by atoms with Gasteiger partial charge in [-0.2, -0.15) is 0 Å². The molecule has 176 valence electrons. The maximum Gasteiger partial charge on any atom is 0.405 e. The van der Waals surface area contributed by atoms with Gasteiger partial charge < -0.3 is 25.6 Å². The zero-order valence-electron chi connectivity index (χ0n) is 18.9. The van der Waals surface area contributed by atoms with Crippen LogP contribution in [0.3, 0.4) is 0 Å². The van der Waals surface area contributed by atoms with Crippen molar-refractivity contribution in [3.05, 3.63) is 24.3 Å². The number of nitrogens with one attached hydrogen (secondary N) is 2. The molecule has 0 saturated carbocycles. The summed E-state index contributed by atoms with van der Waals surface area (Å²) in [4.78, 5) is 22.7. The number of hydrogen-bond donors (Lipinski definition) is 4. The molecule has 0 bridgehead atoms. The summed E-state index contributed by atoms with van der Waals surface area (Å²) in [7, 11) is 0. The fourth-order valence-electron chi connectivity index (χ4n) is 3.37. The van der Waals surface area contributed by atoms with Gasteiger partial charge in [-0.3, -0.25) is 4.79 Å². The minimum Gasteiger partial charge on any atom is -0.494 e. The Kier molecular flexibility index (Phi) is 15.0. The summed E-state index contributed by atoms with van der Waals surface area (Å²) in [6, 6.07) is 5.72. The van der Waals surface area contributed by atoms with Crippen molar-refractivity contribution < 1.29 is 24.5 Å². The molecule has 0 aromatic heterocycles. The van der Waals surface area contributed by atoms with E-state index in [0.29, 0.717) is 18.0 Å². The lowest BCUT2D eigenvalue weighted by Crippen LogP contribution is -2.45. The summed E-state index contributed by atoms with van der Waals surface area (Å²) in [5.74, 6) is 0.0237. The third kappa shape index (κ3) is 13.6. The molecule has 1 atom stereocenters. The van der Waals surface area contributed by atoms with Crippen LogP contribution < -0.4 is 15.4 Å². The second-order valence-corrected chi connectivity index (χ2v) is 7.94. The average Bonchev–Trinajstić information content (AvgIpc) is 2.75. The van der Waals surface area contributed by atoms with Crippen molar-refractivity contribution in [1.29, 1.82) is 0 Å². The molecule has 1 aromatic rings. The molecule has 0 saturated heterocycles. The SMILES string of the molecule is CCCCCCCCCCCCCCOc1cccc(NC(=O)C(CO)NC(=O)O)c1. The van der Waals surface area contributed by atoms with E-state index in [2.05, 4.69) is 12.2 Å². The molecule has 2 amide bonds. The molecule has 1 unspecified atom stereocenters. The largest absolute Gasteiger partial charge is 0.494 e. The van der Waals surface area contributed by atoms with Gasteiger partial charge in [0.15, 0.2) is 0 Å². The van der Waals surface area contributed by atoms with Gasteiger partial charge in [0.25, 0.3) is 0 Å². The van der Waals surface area contributed by atoms with E-state index in [-0.39, 0.29) is 0 Å². The Morgan fingerprint density at radius 3 is 2.06 bits per heavy atom. The predicted octanol–water partition coefficient (Wildman–Crippen LogP) is 5.33. The third-order valence-electron chi connectivity index (χ3n) is 5.16. The van der Waals surface area contributed by atoms with E-state index < -0.39 is 24.6 Å². The zero-order valence-corrected chi connectivity index (χ0v) is 18.9. The lowest BCUT2D eigenvalue weighted by molar-refractivity contribution is -0.118.